The van der Waals surface area contributed by atoms with Gasteiger partial charge in [-0.1, -0.05) is 6.07 Å². The van der Waals surface area contributed by atoms with E-state index in [0.717, 1.165) is 44.2 Å². The molecule has 0 radical (unpaired) electrons. The van der Waals surface area contributed by atoms with Crippen molar-refractivity contribution in [2.45, 2.75) is 25.4 Å². The third kappa shape index (κ3) is 6.22. The summed E-state index contributed by atoms with van der Waals surface area (Å²) in [5.41, 5.74) is 1.10. The molecule has 2 atom stereocenters. The predicted octanol–water partition coefficient (Wildman–Crippen LogP) is 1.81. The molecule has 2 unspecified atom stereocenters. The number of hydrogen-bond acceptors (Lipinski definition) is 5. The predicted molar refractivity (Wildman–Crippen MR) is 90.8 cm³/mol. The monoisotopic (exact) mass is 307 g/mol. The zero-order valence-electron chi connectivity index (χ0n) is 14.0. The molecule has 0 saturated carbocycles. The Kier molecular flexibility index (Phi) is 6.96. The van der Waals surface area contributed by atoms with E-state index in [1.54, 1.807) is 0 Å². The first-order valence-corrected chi connectivity index (χ1v) is 8.09. The van der Waals surface area contributed by atoms with Gasteiger partial charge in [0.2, 0.25) is 0 Å². The van der Waals surface area contributed by atoms with Crippen molar-refractivity contribution in [3.63, 3.8) is 0 Å². The van der Waals surface area contributed by atoms with Crippen LogP contribution in [0.25, 0.3) is 0 Å². The highest BCUT2D eigenvalue weighted by atomic mass is 16.5. The van der Waals surface area contributed by atoms with E-state index in [9.17, 15) is 0 Å². The molecule has 1 aromatic carbocycles. The van der Waals surface area contributed by atoms with E-state index in [1.807, 2.05) is 26.2 Å². The third-order valence-electron chi connectivity index (χ3n) is 3.69. The van der Waals surface area contributed by atoms with Crippen LogP contribution in [0, 0.1) is 0 Å². The SMILES string of the molecule is CC(CC1COCCN1)Nc1cccc(OCCN(C)C)c1. The number of rotatable bonds is 8. The number of likely N-dealkylation sites (N-methyl/N-ethyl adjacent to an activating group) is 1. The Balaban J connectivity index is 1.78. The fraction of sp³-hybridized carbons (Fsp3) is 0.647. The number of morpholine rings is 1. The lowest BCUT2D eigenvalue weighted by atomic mass is 10.1. The van der Waals surface area contributed by atoms with Gasteiger partial charge in [0.05, 0.1) is 13.2 Å². The topological polar surface area (TPSA) is 45.8 Å². The van der Waals surface area contributed by atoms with Crippen molar-refractivity contribution in [1.82, 2.24) is 10.2 Å². The summed E-state index contributed by atoms with van der Waals surface area (Å²) in [6, 6.07) is 9.01. The van der Waals surface area contributed by atoms with Gasteiger partial charge in [0.1, 0.15) is 12.4 Å². The van der Waals surface area contributed by atoms with E-state index in [2.05, 4.69) is 34.6 Å². The summed E-state index contributed by atoms with van der Waals surface area (Å²) in [5.74, 6) is 0.915. The van der Waals surface area contributed by atoms with E-state index in [0.29, 0.717) is 18.7 Å². The molecule has 1 heterocycles. The van der Waals surface area contributed by atoms with Gasteiger partial charge in [-0.05, 0) is 39.6 Å². The minimum absolute atomic E-state index is 0.385. The minimum Gasteiger partial charge on any atom is -0.492 e. The molecule has 1 saturated heterocycles. The Morgan fingerprint density at radius 3 is 3.05 bits per heavy atom. The van der Waals surface area contributed by atoms with Gasteiger partial charge in [0.25, 0.3) is 0 Å². The molecule has 0 spiro atoms. The number of nitrogens with one attached hydrogen (secondary N) is 2. The molecular weight excluding hydrogens is 278 g/mol. The summed E-state index contributed by atoms with van der Waals surface area (Å²) >= 11 is 0. The first kappa shape index (κ1) is 17.1. The van der Waals surface area contributed by atoms with Crippen LogP contribution in [0.15, 0.2) is 24.3 Å². The average Bonchev–Trinajstić information content (AvgIpc) is 2.48. The lowest BCUT2D eigenvalue weighted by Crippen LogP contribution is -2.43. The van der Waals surface area contributed by atoms with Crippen LogP contribution in [0.3, 0.4) is 0 Å². The van der Waals surface area contributed by atoms with Crippen molar-refractivity contribution in [1.29, 1.82) is 0 Å². The van der Waals surface area contributed by atoms with Gasteiger partial charge in [-0.2, -0.15) is 0 Å². The van der Waals surface area contributed by atoms with Crippen LogP contribution in [-0.2, 0) is 4.74 Å². The van der Waals surface area contributed by atoms with Crippen LogP contribution in [0.4, 0.5) is 5.69 Å². The van der Waals surface area contributed by atoms with Gasteiger partial charge in [-0.25, -0.2) is 0 Å². The van der Waals surface area contributed by atoms with Crippen LogP contribution >= 0.6 is 0 Å². The van der Waals surface area contributed by atoms with Crippen molar-refractivity contribution in [2.24, 2.45) is 0 Å². The summed E-state index contributed by atoms with van der Waals surface area (Å²) in [5, 5.41) is 7.03. The summed E-state index contributed by atoms with van der Waals surface area (Å²) in [4.78, 5) is 2.11. The van der Waals surface area contributed by atoms with Crippen molar-refractivity contribution >= 4 is 5.69 Å². The first-order chi connectivity index (χ1) is 10.6. The Morgan fingerprint density at radius 2 is 2.32 bits per heavy atom. The summed E-state index contributed by atoms with van der Waals surface area (Å²) in [7, 11) is 4.10. The molecule has 0 bridgehead atoms. The summed E-state index contributed by atoms with van der Waals surface area (Å²) in [6.45, 7) is 6.41. The molecule has 22 heavy (non-hydrogen) atoms. The maximum Gasteiger partial charge on any atom is 0.121 e. The maximum absolute atomic E-state index is 5.78. The van der Waals surface area contributed by atoms with Gasteiger partial charge in [0, 0.05) is 36.9 Å². The molecule has 2 N–H and O–H groups in total. The molecule has 0 aliphatic carbocycles. The Morgan fingerprint density at radius 1 is 1.45 bits per heavy atom. The Labute approximate surface area is 134 Å². The highest BCUT2D eigenvalue weighted by Crippen LogP contribution is 2.19. The van der Waals surface area contributed by atoms with Crippen LogP contribution in [-0.4, -0.2) is 64.0 Å². The second kappa shape index (κ2) is 8.98. The molecule has 0 aromatic heterocycles. The molecule has 1 fully saturated rings. The van der Waals surface area contributed by atoms with E-state index < -0.39 is 0 Å². The fourth-order valence-electron chi connectivity index (χ4n) is 2.56. The quantitative estimate of drug-likeness (QED) is 0.767. The van der Waals surface area contributed by atoms with Gasteiger partial charge >= 0.3 is 0 Å². The maximum atomic E-state index is 5.78. The molecule has 5 heteroatoms. The fourth-order valence-corrected chi connectivity index (χ4v) is 2.56. The minimum atomic E-state index is 0.385. The number of ether oxygens (including phenoxy) is 2. The summed E-state index contributed by atoms with van der Waals surface area (Å²) < 4.78 is 11.3. The summed E-state index contributed by atoms with van der Waals surface area (Å²) in [6.07, 6.45) is 1.05. The molecule has 5 nitrogen and oxygen atoms in total. The second-order valence-corrected chi connectivity index (χ2v) is 6.19. The standard InChI is InChI=1S/C17H29N3O2/c1-14(11-16-13-21-9-7-18-16)19-15-5-4-6-17(12-15)22-10-8-20(2)3/h4-6,12,14,16,18-19H,7-11,13H2,1-3H3. The van der Waals surface area contributed by atoms with E-state index in [-0.39, 0.29) is 0 Å². The number of benzene rings is 1. The zero-order valence-corrected chi connectivity index (χ0v) is 14.0. The van der Waals surface area contributed by atoms with Crippen LogP contribution in [0.1, 0.15) is 13.3 Å². The number of anilines is 1. The normalized spacial score (nSPS) is 19.9. The third-order valence-corrected chi connectivity index (χ3v) is 3.69. The van der Waals surface area contributed by atoms with E-state index in [4.69, 9.17) is 9.47 Å². The Hall–Kier alpha value is -1.30. The number of nitrogens with zero attached hydrogens (tertiary/aromatic N) is 1. The average molecular weight is 307 g/mol. The van der Waals surface area contributed by atoms with Gasteiger partial charge in [-0.3, -0.25) is 0 Å². The second-order valence-electron chi connectivity index (χ2n) is 6.19. The van der Waals surface area contributed by atoms with Gasteiger partial charge in [0.15, 0.2) is 0 Å². The van der Waals surface area contributed by atoms with Crippen molar-refractivity contribution in [3.8, 4) is 5.75 Å². The lowest BCUT2D eigenvalue weighted by Gasteiger charge is -2.27. The Bertz CT molecular complexity index is 434. The highest BCUT2D eigenvalue weighted by Gasteiger charge is 2.16. The van der Waals surface area contributed by atoms with E-state index >= 15 is 0 Å². The van der Waals surface area contributed by atoms with Crippen molar-refractivity contribution < 1.29 is 9.47 Å². The van der Waals surface area contributed by atoms with Crippen molar-refractivity contribution in [3.05, 3.63) is 24.3 Å². The molecular formula is C17H29N3O2. The number of hydrogen-bond donors (Lipinski definition) is 2. The van der Waals surface area contributed by atoms with Crippen molar-refractivity contribution in [2.75, 3.05) is 52.3 Å². The van der Waals surface area contributed by atoms with Crippen LogP contribution in [0.5, 0.6) is 5.75 Å². The zero-order chi connectivity index (χ0) is 15.8. The largest absolute Gasteiger partial charge is 0.492 e. The highest BCUT2D eigenvalue weighted by molar-refractivity contribution is 5.48. The molecule has 1 aliphatic heterocycles. The molecule has 1 aromatic rings. The molecule has 0 amide bonds. The van der Waals surface area contributed by atoms with E-state index in [1.165, 1.54) is 0 Å². The van der Waals surface area contributed by atoms with Gasteiger partial charge in [-0.15, -0.1) is 0 Å². The van der Waals surface area contributed by atoms with Crippen LogP contribution < -0.4 is 15.4 Å². The van der Waals surface area contributed by atoms with Gasteiger partial charge < -0.3 is 25.0 Å². The van der Waals surface area contributed by atoms with Crippen LogP contribution in [0.2, 0.25) is 0 Å². The smallest absolute Gasteiger partial charge is 0.121 e. The molecule has 2 rings (SSSR count). The first-order valence-electron chi connectivity index (χ1n) is 8.09. The molecule has 1 aliphatic rings. The lowest BCUT2D eigenvalue weighted by molar-refractivity contribution is 0.0731. The molecule has 124 valence electrons.